The van der Waals surface area contributed by atoms with Crippen LogP contribution in [0.3, 0.4) is 0 Å². The van der Waals surface area contributed by atoms with Crippen LogP contribution in [-0.2, 0) is 11.2 Å². The molecule has 1 heterocycles. The molecule has 28 heavy (non-hydrogen) atoms. The van der Waals surface area contributed by atoms with Gasteiger partial charge in [0.2, 0.25) is 5.91 Å². The summed E-state index contributed by atoms with van der Waals surface area (Å²) in [5.41, 5.74) is -3.67. The lowest BCUT2D eigenvalue weighted by atomic mass is 10.00. The van der Waals surface area contributed by atoms with Crippen molar-refractivity contribution in [1.82, 2.24) is 5.01 Å². The van der Waals surface area contributed by atoms with E-state index < -0.39 is 35.6 Å². The van der Waals surface area contributed by atoms with Gasteiger partial charge in [0, 0.05) is 17.7 Å². The Bertz CT molecular complexity index is 947. The van der Waals surface area contributed by atoms with Gasteiger partial charge in [-0.1, -0.05) is 42.5 Å². The van der Waals surface area contributed by atoms with E-state index in [9.17, 15) is 33.2 Å². The Labute approximate surface area is 156 Å². The molecule has 0 bridgehead atoms. The maximum absolute atomic E-state index is 13.6. The largest absolute Gasteiger partial charge is 0.438 e. The second kappa shape index (κ2) is 7.04. The molecule has 0 radical (unpaired) electrons. The first-order valence-corrected chi connectivity index (χ1v) is 8.10. The van der Waals surface area contributed by atoms with Crippen LogP contribution in [0.2, 0.25) is 0 Å². The third-order valence-electron chi connectivity index (χ3n) is 4.26. The number of halogens is 3. The molecule has 1 aliphatic rings. The maximum atomic E-state index is 13.6. The van der Waals surface area contributed by atoms with Crippen LogP contribution in [0.25, 0.3) is 0 Å². The predicted molar refractivity (Wildman–Crippen MR) is 92.2 cm³/mol. The second-order valence-corrected chi connectivity index (χ2v) is 6.21. The van der Waals surface area contributed by atoms with E-state index >= 15 is 0 Å². The molecule has 1 atom stereocenters. The smallest absolute Gasteiger partial charge is 0.362 e. The van der Waals surface area contributed by atoms with Gasteiger partial charge in [-0.2, -0.15) is 23.3 Å². The van der Waals surface area contributed by atoms with Crippen molar-refractivity contribution in [2.45, 2.75) is 24.7 Å². The number of hydrogen-bond acceptors (Lipinski definition) is 5. The summed E-state index contributed by atoms with van der Waals surface area (Å²) in [6.45, 7) is 0. The van der Waals surface area contributed by atoms with Gasteiger partial charge in [0.15, 0.2) is 0 Å². The molecule has 0 aliphatic carbocycles. The molecule has 2 aromatic carbocycles. The zero-order valence-electron chi connectivity index (χ0n) is 14.3. The van der Waals surface area contributed by atoms with Crippen molar-refractivity contribution in [3.8, 4) is 0 Å². The van der Waals surface area contributed by atoms with Crippen molar-refractivity contribution >= 4 is 17.3 Å². The van der Waals surface area contributed by atoms with Gasteiger partial charge in [-0.05, 0) is 5.56 Å². The highest BCUT2D eigenvalue weighted by Gasteiger charge is 2.63. The summed E-state index contributed by atoms with van der Waals surface area (Å²) in [5, 5.41) is 24.9. The lowest BCUT2D eigenvalue weighted by molar-refractivity contribution is -0.384. The summed E-state index contributed by atoms with van der Waals surface area (Å²) in [4.78, 5) is 22.7. The molecule has 1 aliphatic heterocycles. The summed E-state index contributed by atoms with van der Waals surface area (Å²) < 4.78 is 40.7. The first kappa shape index (κ1) is 19.5. The Morgan fingerprint density at radius 3 is 2.50 bits per heavy atom. The van der Waals surface area contributed by atoms with Crippen LogP contribution in [0.15, 0.2) is 59.7 Å². The van der Waals surface area contributed by atoms with Crippen molar-refractivity contribution in [3.63, 3.8) is 0 Å². The molecule has 0 fully saturated rings. The first-order valence-electron chi connectivity index (χ1n) is 8.10. The minimum Gasteiger partial charge on any atom is -0.362 e. The van der Waals surface area contributed by atoms with E-state index in [4.69, 9.17) is 0 Å². The van der Waals surface area contributed by atoms with E-state index in [2.05, 4.69) is 5.10 Å². The summed E-state index contributed by atoms with van der Waals surface area (Å²) in [6, 6.07) is 12.9. The number of hydrogen-bond donors (Lipinski definition) is 1. The van der Waals surface area contributed by atoms with Gasteiger partial charge in [0.25, 0.3) is 11.4 Å². The Balaban J connectivity index is 1.98. The zero-order valence-corrected chi connectivity index (χ0v) is 14.3. The highest BCUT2D eigenvalue weighted by atomic mass is 19.4. The van der Waals surface area contributed by atoms with Crippen molar-refractivity contribution in [2.75, 3.05) is 0 Å². The summed E-state index contributed by atoms with van der Waals surface area (Å²) in [7, 11) is 0. The number of carbonyl (C=O) groups is 1. The highest BCUT2D eigenvalue weighted by molar-refractivity contribution is 6.04. The molecule has 0 spiro atoms. The minimum absolute atomic E-state index is 0.0203. The quantitative estimate of drug-likeness (QED) is 0.638. The molecule has 1 N–H and O–H groups in total. The molecular formula is C18H14F3N3O4. The summed E-state index contributed by atoms with van der Waals surface area (Å²) in [6.07, 6.45) is -6.60. The van der Waals surface area contributed by atoms with Gasteiger partial charge in [0.1, 0.15) is 0 Å². The molecule has 1 unspecified atom stereocenters. The van der Waals surface area contributed by atoms with Gasteiger partial charge in [0.05, 0.1) is 23.5 Å². The number of nitrogens with zero attached hydrogens (tertiary/aromatic N) is 3. The number of nitro groups is 1. The van der Waals surface area contributed by atoms with Crippen LogP contribution in [0, 0.1) is 10.1 Å². The van der Waals surface area contributed by atoms with Gasteiger partial charge < -0.3 is 5.11 Å². The van der Waals surface area contributed by atoms with E-state index in [1.807, 2.05) is 0 Å². The molecular weight excluding hydrogens is 379 g/mol. The number of benzene rings is 2. The Kier molecular flexibility index (Phi) is 4.90. The van der Waals surface area contributed by atoms with Crippen LogP contribution < -0.4 is 0 Å². The van der Waals surface area contributed by atoms with Crippen LogP contribution in [0.4, 0.5) is 18.9 Å². The lowest BCUT2D eigenvalue weighted by Gasteiger charge is -2.32. The van der Waals surface area contributed by atoms with Gasteiger partial charge in [-0.25, -0.2) is 0 Å². The number of amides is 1. The predicted octanol–water partition coefficient (Wildman–Crippen LogP) is 3.02. The number of hydrazone groups is 1. The van der Waals surface area contributed by atoms with E-state index in [-0.39, 0.29) is 22.0 Å². The number of non-ortho nitro benzene ring substituents is 1. The second-order valence-electron chi connectivity index (χ2n) is 6.21. The fourth-order valence-corrected chi connectivity index (χ4v) is 2.83. The standard InChI is InChI=1S/C18H14F3N3O4/c19-18(20,21)17(26)11-15(13-7-4-8-14(10-13)24(27)28)22-23(17)16(25)9-12-5-2-1-3-6-12/h1-8,10,26H,9,11H2. The molecule has 0 saturated heterocycles. The zero-order chi connectivity index (χ0) is 20.5. The van der Waals surface area contributed by atoms with E-state index in [0.717, 1.165) is 6.07 Å². The van der Waals surface area contributed by atoms with Crippen molar-refractivity contribution < 1.29 is 28.0 Å². The molecule has 10 heteroatoms. The lowest BCUT2D eigenvalue weighted by Crippen LogP contribution is -2.57. The van der Waals surface area contributed by atoms with Crippen LogP contribution in [0.5, 0.6) is 0 Å². The number of alkyl halides is 3. The number of aliphatic hydroxyl groups is 1. The average Bonchev–Trinajstić information content (AvgIpc) is 3.02. The molecule has 146 valence electrons. The normalized spacial score (nSPS) is 19.4. The Hall–Kier alpha value is -3.27. The number of carbonyl (C=O) groups excluding carboxylic acids is 1. The van der Waals surface area contributed by atoms with Crippen LogP contribution >= 0.6 is 0 Å². The van der Waals surface area contributed by atoms with Crippen LogP contribution in [0.1, 0.15) is 17.5 Å². The third-order valence-corrected chi connectivity index (χ3v) is 4.26. The van der Waals surface area contributed by atoms with E-state index in [1.54, 1.807) is 30.3 Å². The SMILES string of the molecule is O=C(Cc1ccccc1)N1N=C(c2cccc([N+](=O)[O-])c2)CC1(O)C(F)(F)F. The van der Waals surface area contributed by atoms with Crippen molar-refractivity contribution in [3.05, 3.63) is 75.8 Å². The fraction of sp³-hybridized carbons (Fsp3) is 0.222. The summed E-state index contributed by atoms with van der Waals surface area (Å²) in [5.74, 6) is -1.05. The fourth-order valence-electron chi connectivity index (χ4n) is 2.83. The van der Waals surface area contributed by atoms with Gasteiger partial charge in [-0.15, -0.1) is 0 Å². The van der Waals surface area contributed by atoms with Crippen molar-refractivity contribution in [2.24, 2.45) is 5.10 Å². The number of nitro benzene ring substituents is 1. The summed E-state index contributed by atoms with van der Waals surface area (Å²) >= 11 is 0. The Morgan fingerprint density at radius 2 is 1.89 bits per heavy atom. The minimum atomic E-state index is -5.18. The maximum Gasteiger partial charge on any atom is 0.438 e. The van der Waals surface area contributed by atoms with Gasteiger partial charge in [-0.3, -0.25) is 14.9 Å². The monoisotopic (exact) mass is 393 g/mol. The Morgan fingerprint density at radius 1 is 1.21 bits per heavy atom. The molecule has 7 nitrogen and oxygen atoms in total. The van der Waals surface area contributed by atoms with Gasteiger partial charge >= 0.3 is 6.18 Å². The molecule has 2 aromatic rings. The third kappa shape index (κ3) is 3.58. The first-order chi connectivity index (χ1) is 13.1. The molecule has 1 amide bonds. The average molecular weight is 393 g/mol. The van der Waals surface area contributed by atoms with Crippen LogP contribution in [-0.4, -0.2) is 38.6 Å². The molecule has 3 rings (SSSR count). The molecule has 0 saturated carbocycles. The van der Waals surface area contributed by atoms with E-state index in [0.29, 0.717) is 5.56 Å². The topological polar surface area (TPSA) is 96.0 Å². The molecule has 0 aromatic heterocycles. The van der Waals surface area contributed by atoms with Crippen molar-refractivity contribution in [1.29, 1.82) is 0 Å². The van der Waals surface area contributed by atoms with E-state index in [1.165, 1.54) is 18.2 Å². The number of rotatable bonds is 4. The highest BCUT2D eigenvalue weighted by Crippen LogP contribution is 2.41.